The molecule has 0 amide bonds. The first-order valence-electron chi connectivity index (χ1n) is 13.7. The number of rotatable bonds is 9. The summed E-state index contributed by atoms with van der Waals surface area (Å²) < 4.78 is 30.8. The molecule has 0 radical (unpaired) electrons. The van der Waals surface area contributed by atoms with E-state index in [1.54, 1.807) is 26.2 Å². The number of hydrogen-bond acceptors (Lipinski definition) is 6. The number of fused-ring (bicyclic) bond motifs is 1. The minimum atomic E-state index is -0.361. The number of aromatic nitrogens is 1. The summed E-state index contributed by atoms with van der Waals surface area (Å²) in [5.74, 6) is 1.24. The summed E-state index contributed by atoms with van der Waals surface area (Å²) in [6.45, 7) is 5.65. The number of Topliss-reactive ketones (excluding diaryl/α,β-unsaturated/α-hetero) is 2. The Morgan fingerprint density at radius 3 is 2.37 bits per heavy atom. The highest BCUT2D eigenvalue weighted by atomic mass is 19.1. The molecule has 0 bridgehead atoms. The van der Waals surface area contributed by atoms with Crippen molar-refractivity contribution < 1.29 is 27.6 Å². The Balaban J connectivity index is 1.43. The number of aryl methyl sites for hydroxylation is 2. The van der Waals surface area contributed by atoms with Gasteiger partial charge in [-0.25, -0.2) is 9.37 Å². The molecule has 208 valence electrons. The normalized spacial score (nSPS) is 13.9. The fourth-order valence-corrected chi connectivity index (χ4v) is 5.77. The van der Waals surface area contributed by atoms with Crippen LogP contribution in [-0.4, -0.2) is 23.7 Å². The predicted octanol–water partition coefficient (Wildman–Crippen LogP) is 8.42. The van der Waals surface area contributed by atoms with E-state index in [-0.39, 0.29) is 22.8 Å². The Kier molecular flexibility index (Phi) is 6.60. The van der Waals surface area contributed by atoms with Crippen LogP contribution in [0.5, 0.6) is 5.75 Å². The maximum atomic E-state index is 13.7. The van der Waals surface area contributed by atoms with Crippen molar-refractivity contribution in [1.29, 1.82) is 0 Å². The summed E-state index contributed by atoms with van der Waals surface area (Å²) in [5.41, 5.74) is 5.35. The third-order valence-electron chi connectivity index (χ3n) is 8.15. The highest BCUT2D eigenvalue weighted by Gasteiger charge is 2.49. The van der Waals surface area contributed by atoms with Crippen molar-refractivity contribution >= 4 is 22.5 Å². The third kappa shape index (κ3) is 4.65. The highest BCUT2D eigenvalue weighted by molar-refractivity contribution is 6.13. The van der Waals surface area contributed by atoms with Gasteiger partial charge >= 0.3 is 0 Å². The van der Waals surface area contributed by atoms with E-state index in [2.05, 4.69) is 4.98 Å². The van der Waals surface area contributed by atoms with E-state index in [1.807, 2.05) is 44.2 Å². The first kappa shape index (κ1) is 26.7. The molecule has 1 aliphatic rings. The van der Waals surface area contributed by atoms with E-state index < -0.39 is 0 Å². The number of nitrogens with zero attached hydrogens (tertiary/aromatic N) is 1. The third-order valence-corrected chi connectivity index (χ3v) is 8.15. The molecule has 2 heterocycles. The lowest BCUT2D eigenvalue weighted by molar-refractivity contribution is 0.0963. The van der Waals surface area contributed by atoms with Gasteiger partial charge in [0, 0.05) is 29.2 Å². The minimum Gasteiger partial charge on any atom is -0.496 e. The number of oxazole rings is 1. The first-order chi connectivity index (χ1) is 19.7. The molecular weight excluding hydrogens is 521 g/mol. The SMILES string of the molecule is CCC(=O)c1c(-c2ccc(F)cc2)oc2ccc(-c3cc(C(=O)CC4(c5ncoc5C)CC4)c(OC)cc3C)cc12. The van der Waals surface area contributed by atoms with Crippen molar-refractivity contribution in [2.75, 3.05) is 7.11 Å². The number of ketones is 2. The van der Waals surface area contributed by atoms with Crippen LogP contribution in [0.1, 0.15) is 70.3 Å². The molecule has 3 aromatic carbocycles. The Morgan fingerprint density at radius 1 is 1.00 bits per heavy atom. The molecular formula is C34H30FNO5. The van der Waals surface area contributed by atoms with Crippen LogP contribution in [0, 0.1) is 19.7 Å². The molecule has 2 aromatic heterocycles. The Morgan fingerprint density at radius 2 is 1.73 bits per heavy atom. The lowest BCUT2D eigenvalue weighted by Gasteiger charge is -2.16. The van der Waals surface area contributed by atoms with Gasteiger partial charge in [0.25, 0.3) is 0 Å². The molecule has 0 spiro atoms. The van der Waals surface area contributed by atoms with Crippen molar-refractivity contribution in [3.8, 4) is 28.2 Å². The number of benzene rings is 3. The fourth-order valence-electron chi connectivity index (χ4n) is 5.77. The number of methoxy groups -OCH3 is 1. The standard InChI is InChI=1S/C34H30FNO5/c1-5-27(37)31-26-15-22(8-11-29(26)41-32(31)21-6-9-23(35)10-7-21)24-16-25(30(39-4)14-19(24)2)28(38)17-34(12-13-34)33-20(3)40-18-36-33/h6-11,14-16,18H,5,12-13,17H2,1-4H3. The van der Waals surface area contributed by atoms with Crippen molar-refractivity contribution in [1.82, 2.24) is 4.98 Å². The molecule has 6 nitrogen and oxygen atoms in total. The maximum Gasteiger partial charge on any atom is 0.181 e. The molecule has 1 fully saturated rings. The van der Waals surface area contributed by atoms with E-state index >= 15 is 0 Å². The maximum absolute atomic E-state index is 13.7. The van der Waals surface area contributed by atoms with E-state index in [0.717, 1.165) is 41.0 Å². The van der Waals surface area contributed by atoms with Crippen LogP contribution in [0.15, 0.2) is 69.8 Å². The lowest BCUT2D eigenvalue weighted by Crippen LogP contribution is -2.16. The van der Waals surface area contributed by atoms with Crippen molar-refractivity contribution in [3.63, 3.8) is 0 Å². The Labute approximate surface area is 237 Å². The lowest BCUT2D eigenvalue weighted by atomic mass is 9.89. The summed E-state index contributed by atoms with van der Waals surface area (Å²) in [5, 5.41) is 0.676. The number of ether oxygens (including phenoxy) is 1. The van der Waals surface area contributed by atoms with Crippen LogP contribution in [-0.2, 0) is 5.41 Å². The van der Waals surface area contributed by atoms with Gasteiger partial charge < -0.3 is 13.6 Å². The zero-order valence-corrected chi connectivity index (χ0v) is 23.5. The fraction of sp³-hybridized carbons (Fsp3) is 0.265. The number of halogens is 1. The van der Waals surface area contributed by atoms with Gasteiger partial charge in [0.05, 0.1) is 23.9 Å². The second kappa shape index (κ2) is 10.1. The second-order valence-electron chi connectivity index (χ2n) is 10.8. The molecule has 0 aliphatic heterocycles. The van der Waals surface area contributed by atoms with Crippen LogP contribution >= 0.6 is 0 Å². The van der Waals surface area contributed by atoms with E-state index in [1.165, 1.54) is 18.5 Å². The topological polar surface area (TPSA) is 82.5 Å². The predicted molar refractivity (Wildman–Crippen MR) is 154 cm³/mol. The zero-order valence-electron chi connectivity index (χ0n) is 23.5. The molecule has 7 heteroatoms. The van der Waals surface area contributed by atoms with Gasteiger partial charge in [-0.3, -0.25) is 9.59 Å². The summed E-state index contributed by atoms with van der Waals surface area (Å²) in [7, 11) is 1.57. The molecule has 41 heavy (non-hydrogen) atoms. The number of furan rings is 1. The second-order valence-corrected chi connectivity index (χ2v) is 10.8. The molecule has 6 rings (SSSR count). The molecule has 1 saturated carbocycles. The van der Waals surface area contributed by atoms with Gasteiger partial charge in [-0.15, -0.1) is 0 Å². The number of carbonyl (C=O) groups is 2. The van der Waals surface area contributed by atoms with Crippen LogP contribution in [0.3, 0.4) is 0 Å². The minimum absolute atomic E-state index is 0.0205. The summed E-state index contributed by atoms with van der Waals surface area (Å²) in [6.07, 6.45) is 3.81. The molecule has 0 saturated heterocycles. The number of hydrogen-bond donors (Lipinski definition) is 0. The number of carbonyl (C=O) groups excluding carboxylic acids is 2. The van der Waals surface area contributed by atoms with Gasteiger partial charge in [-0.1, -0.05) is 13.0 Å². The summed E-state index contributed by atoms with van der Waals surface area (Å²) in [4.78, 5) is 31.3. The summed E-state index contributed by atoms with van der Waals surface area (Å²) >= 11 is 0. The van der Waals surface area contributed by atoms with Crippen molar-refractivity contribution in [3.05, 3.63) is 95.0 Å². The van der Waals surface area contributed by atoms with Crippen LogP contribution in [0.25, 0.3) is 33.4 Å². The molecule has 1 aliphatic carbocycles. The van der Waals surface area contributed by atoms with Crippen molar-refractivity contribution in [2.45, 2.75) is 51.9 Å². The average Bonchev–Trinajstić information content (AvgIpc) is 3.43. The highest BCUT2D eigenvalue weighted by Crippen LogP contribution is 2.52. The molecule has 0 unspecified atom stereocenters. The van der Waals surface area contributed by atoms with E-state index in [4.69, 9.17) is 13.6 Å². The average molecular weight is 552 g/mol. The van der Waals surface area contributed by atoms with Crippen molar-refractivity contribution in [2.24, 2.45) is 0 Å². The van der Waals surface area contributed by atoms with Gasteiger partial charge in [-0.2, -0.15) is 0 Å². The summed E-state index contributed by atoms with van der Waals surface area (Å²) in [6, 6.07) is 15.4. The zero-order chi connectivity index (χ0) is 28.9. The van der Waals surface area contributed by atoms with Gasteiger partial charge in [-0.05, 0) is 91.9 Å². The van der Waals surface area contributed by atoms with E-state index in [0.29, 0.717) is 52.0 Å². The van der Waals surface area contributed by atoms with Gasteiger partial charge in [0.15, 0.2) is 18.0 Å². The van der Waals surface area contributed by atoms with Gasteiger partial charge in [0.2, 0.25) is 0 Å². The molecule has 0 atom stereocenters. The smallest absolute Gasteiger partial charge is 0.181 e. The van der Waals surface area contributed by atoms with Crippen LogP contribution in [0.2, 0.25) is 0 Å². The monoisotopic (exact) mass is 551 g/mol. The largest absolute Gasteiger partial charge is 0.496 e. The Bertz CT molecular complexity index is 1810. The van der Waals surface area contributed by atoms with Crippen LogP contribution < -0.4 is 4.74 Å². The van der Waals surface area contributed by atoms with Gasteiger partial charge in [0.1, 0.15) is 28.7 Å². The van der Waals surface area contributed by atoms with E-state index in [9.17, 15) is 14.0 Å². The molecule has 5 aromatic rings. The quantitative estimate of drug-likeness (QED) is 0.171. The first-order valence-corrected chi connectivity index (χ1v) is 13.7. The molecule has 0 N–H and O–H groups in total. The Hall–Kier alpha value is -4.52. The van der Waals surface area contributed by atoms with Crippen LogP contribution in [0.4, 0.5) is 4.39 Å².